The Bertz CT molecular complexity index is 752. The van der Waals surface area contributed by atoms with Crippen LogP contribution in [0.4, 0.5) is 11.5 Å². The smallest absolute Gasteiger partial charge is 0.271 e. The number of hydrogen-bond acceptors (Lipinski definition) is 6. The molecule has 2 aromatic heterocycles. The standard InChI is InChI=1S/C14H16N4O3S2/c19-11-17-5-7-18(8-6-17)13-4-3-12(10-15-13)16-23(20,21)14-2-1-9-22-14/h1-4,9-11,16H,5-8H2. The molecular formula is C14H16N4O3S2. The molecule has 0 aliphatic carbocycles. The van der Waals surface area contributed by atoms with Crippen LogP contribution in [0.2, 0.25) is 0 Å². The second kappa shape index (κ2) is 6.55. The lowest BCUT2D eigenvalue weighted by Gasteiger charge is -2.33. The van der Waals surface area contributed by atoms with Crippen LogP contribution in [0.15, 0.2) is 40.1 Å². The van der Waals surface area contributed by atoms with Crippen molar-refractivity contribution in [2.75, 3.05) is 35.8 Å². The third kappa shape index (κ3) is 3.62. The van der Waals surface area contributed by atoms with E-state index in [1.54, 1.807) is 34.5 Å². The number of hydrogen-bond donors (Lipinski definition) is 1. The van der Waals surface area contributed by atoms with Crippen LogP contribution in [0.5, 0.6) is 0 Å². The number of aromatic nitrogens is 1. The fourth-order valence-corrected chi connectivity index (χ4v) is 4.35. The molecule has 0 saturated carbocycles. The van der Waals surface area contributed by atoms with Gasteiger partial charge in [0.2, 0.25) is 6.41 Å². The summed E-state index contributed by atoms with van der Waals surface area (Å²) in [5, 5.41) is 1.72. The molecule has 0 bridgehead atoms. The number of anilines is 2. The quantitative estimate of drug-likeness (QED) is 0.818. The summed E-state index contributed by atoms with van der Waals surface area (Å²) in [6.45, 7) is 2.76. The highest BCUT2D eigenvalue weighted by Crippen LogP contribution is 2.21. The molecule has 0 unspecified atom stereocenters. The predicted molar refractivity (Wildman–Crippen MR) is 89.2 cm³/mol. The maximum absolute atomic E-state index is 12.1. The summed E-state index contributed by atoms with van der Waals surface area (Å²) in [6, 6.07) is 6.73. The molecule has 1 N–H and O–H groups in total. The molecule has 1 amide bonds. The van der Waals surface area contributed by atoms with E-state index in [-0.39, 0.29) is 4.21 Å². The number of nitrogens with zero attached hydrogens (tertiary/aromatic N) is 3. The van der Waals surface area contributed by atoms with Gasteiger partial charge < -0.3 is 9.80 Å². The normalized spacial score (nSPS) is 15.5. The second-order valence-corrected chi connectivity index (χ2v) is 7.93. The van der Waals surface area contributed by atoms with Crippen molar-refractivity contribution in [3.05, 3.63) is 35.8 Å². The van der Waals surface area contributed by atoms with Crippen LogP contribution < -0.4 is 9.62 Å². The van der Waals surface area contributed by atoms with Crippen molar-refractivity contribution in [3.63, 3.8) is 0 Å². The van der Waals surface area contributed by atoms with Gasteiger partial charge in [-0.3, -0.25) is 9.52 Å². The zero-order valence-corrected chi connectivity index (χ0v) is 13.9. The van der Waals surface area contributed by atoms with Gasteiger partial charge in [0.15, 0.2) is 0 Å². The fourth-order valence-electron chi connectivity index (χ4n) is 2.31. The van der Waals surface area contributed by atoms with Gasteiger partial charge in [-0.25, -0.2) is 13.4 Å². The number of rotatable bonds is 5. The van der Waals surface area contributed by atoms with E-state index in [0.717, 1.165) is 12.2 Å². The first-order valence-electron chi connectivity index (χ1n) is 7.05. The number of nitrogens with one attached hydrogen (secondary N) is 1. The topological polar surface area (TPSA) is 82.6 Å². The monoisotopic (exact) mass is 352 g/mol. The van der Waals surface area contributed by atoms with Crippen molar-refractivity contribution in [3.8, 4) is 0 Å². The number of carbonyl (C=O) groups excluding carboxylic acids is 1. The highest BCUT2D eigenvalue weighted by molar-refractivity contribution is 7.94. The molecule has 0 atom stereocenters. The molecule has 9 heteroatoms. The Morgan fingerprint density at radius 3 is 2.52 bits per heavy atom. The van der Waals surface area contributed by atoms with Crippen LogP contribution >= 0.6 is 11.3 Å². The summed E-state index contributed by atoms with van der Waals surface area (Å²) in [5.74, 6) is 0.773. The molecule has 1 saturated heterocycles. The maximum Gasteiger partial charge on any atom is 0.271 e. The number of piperazine rings is 1. The van der Waals surface area contributed by atoms with Crippen molar-refractivity contribution in [1.82, 2.24) is 9.88 Å². The molecule has 3 rings (SSSR count). The van der Waals surface area contributed by atoms with Gasteiger partial charge >= 0.3 is 0 Å². The van der Waals surface area contributed by atoms with Crippen LogP contribution in [0.1, 0.15) is 0 Å². The van der Waals surface area contributed by atoms with Crippen LogP contribution in [0, 0.1) is 0 Å². The van der Waals surface area contributed by atoms with Gasteiger partial charge in [0.25, 0.3) is 10.0 Å². The van der Waals surface area contributed by atoms with E-state index in [1.165, 1.54) is 17.5 Å². The van der Waals surface area contributed by atoms with E-state index in [2.05, 4.69) is 14.6 Å². The number of pyridine rings is 1. The minimum Gasteiger partial charge on any atom is -0.353 e. The Labute approximate surface area is 138 Å². The van der Waals surface area contributed by atoms with Crippen LogP contribution in [0.25, 0.3) is 0 Å². The molecule has 0 aromatic carbocycles. The molecule has 1 aliphatic heterocycles. The number of sulfonamides is 1. The number of carbonyl (C=O) groups is 1. The van der Waals surface area contributed by atoms with Gasteiger partial charge in [0.05, 0.1) is 11.9 Å². The van der Waals surface area contributed by atoms with Crippen LogP contribution in [-0.4, -0.2) is 50.9 Å². The first kappa shape index (κ1) is 15.8. The molecule has 1 fully saturated rings. The Morgan fingerprint density at radius 2 is 1.96 bits per heavy atom. The molecule has 1 aliphatic rings. The van der Waals surface area contributed by atoms with E-state index < -0.39 is 10.0 Å². The van der Waals surface area contributed by atoms with Crippen molar-refractivity contribution < 1.29 is 13.2 Å². The lowest BCUT2D eigenvalue weighted by atomic mass is 10.3. The Kier molecular flexibility index (Phi) is 4.49. The SMILES string of the molecule is O=CN1CCN(c2ccc(NS(=O)(=O)c3cccs3)cn2)CC1. The van der Waals surface area contributed by atoms with Gasteiger partial charge in [-0.2, -0.15) is 0 Å². The molecule has 7 nitrogen and oxygen atoms in total. The largest absolute Gasteiger partial charge is 0.353 e. The van der Waals surface area contributed by atoms with E-state index in [0.29, 0.717) is 31.9 Å². The zero-order chi connectivity index (χ0) is 16.3. The average molecular weight is 352 g/mol. The molecule has 3 heterocycles. The minimum atomic E-state index is -3.55. The summed E-state index contributed by atoms with van der Waals surface area (Å²) in [4.78, 5) is 18.8. The fraction of sp³-hybridized carbons (Fsp3) is 0.286. The van der Waals surface area contributed by atoms with Gasteiger partial charge in [0.1, 0.15) is 10.0 Å². The third-order valence-electron chi connectivity index (χ3n) is 3.55. The highest BCUT2D eigenvalue weighted by Gasteiger charge is 2.18. The molecule has 0 spiro atoms. The molecular weight excluding hydrogens is 336 g/mol. The third-order valence-corrected chi connectivity index (χ3v) is 6.33. The Balaban J connectivity index is 1.67. The number of thiophene rings is 1. The van der Waals surface area contributed by atoms with Gasteiger partial charge in [0, 0.05) is 26.2 Å². The molecule has 2 aromatic rings. The summed E-state index contributed by atoms with van der Waals surface area (Å²) in [5.41, 5.74) is 0.425. The van der Waals surface area contributed by atoms with Gasteiger partial charge in [-0.1, -0.05) is 6.07 Å². The van der Waals surface area contributed by atoms with E-state index in [1.807, 2.05) is 0 Å². The minimum absolute atomic E-state index is 0.270. The lowest BCUT2D eigenvalue weighted by molar-refractivity contribution is -0.118. The Morgan fingerprint density at radius 1 is 1.17 bits per heavy atom. The second-order valence-electron chi connectivity index (χ2n) is 5.07. The Hall–Kier alpha value is -2.13. The zero-order valence-electron chi connectivity index (χ0n) is 12.3. The van der Waals surface area contributed by atoms with Crippen LogP contribution in [0.3, 0.4) is 0 Å². The number of amides is 1. The van der Waals surface area contributed by atoms with Crippen molar-refractivity contribution in [2.45, 2.75) is 4.21 Å². The van der Waals surface area contributed by atoms with Crippen molar-refractivity contribution in [1.29, 1.82) is 0 Å². The van der Waals surface area contributed by atoms with E-state index in [4.69, 9.17) is 0 Å². The van der Waals surface area contributed by atoms with Gasteiger partial charge in [-0.15, -0.1) is 11.3 Å². The first-order chi connectivity index (χ1) is 11.1. The molecule has 23 heavy (non-hydrogen) atoms. The van der Waals surface area contributed by atoms with E-state index >= 15 is 0 Å². The summed E-state index contributed by atoms with van der Waals surface area (Å²) >= 11 is 1.17. The van der Waals surface area contributed by atoms with E-state index in [9.17, 15) is 13.2 Å². The summed E-state index contributed by atoms with van der Waals surface area (Å²) < 4.78 is 27.1. The van der Waals surface area contributed by atoms with Crippen molar-refractivity contribution >= 4 is 39.3 Å². The molecule has 122 valence electrons. The predicted octanol–water partition coefficient (Wildman–Crippen LogP) is 1.22. The lowest BCUT2D eigenvalue weighted by Crippen LogP contribution is -2.46. The summed E-state index contributed by atoms with van der Waals surface area (Å²) in [6.07, 6.45) is 2.36. The van der Waals surface area contributed by atoms with Gasteiger partial charge in [-0.05, 0) is 23.6 Å². The van der Waals surface area contributed by atoms with Crippen molar-refractivity contribution in [2.24, 2.45) is 0 Å². The maximum atomic E-state index is 12.1. The average Bonchev–Trinajstić information content (AvgIpc) is 3.11. The first-order valence-corrected chi connectivity index (χ1v) is 9.41. The molecule has 0 radical (unpaired) electrons. The van der Waals surface area contributed by atoms with Crippen LogP contribution in [-0.2, 0) is 14.8 Å². The summed E-state index contributed by atoms with van der Waals surface area (Å²) in [7, 11) is -3.55. The highest BCUT2D eigenvalue weighted by atomic mass is 32.2.